The normalized spacial score (nSPS) is 13.6. The third-order valence-electron chi connectivity index (χ3n) is 10.9. The molecular formula is C38H72NO12P3. The molecule has 2 aromatic carbocycles. The lowest BCUT2D eigenvalue weighted by atomic mass is 9.73. The predicted octanol–water partition coefficient (Wildman–Crippen LogP) is 6.07. The molecule has 2 unspecified atom stereocenters. The van der Waals surface area contributed by atoms with E-state index in [-0.39, 0.29) is 53.6 Å². The lowest BCUT2D eigenvalue weighted by Gasteiger charge is -2.42. The number of hydrogen-bond donors (Lipinski definition) is 12. The summed E-state index contributed by atoms with van der Waals surface area (Å²) >= 11 is 0. The molecule has 2 aromatic rings. The summed E-state index contributed by atoms with van der Waals surface area (Å²) in [6, 6.07) is 12.8. The highest BCUT2D eigenvalue weighted by molar-refractivity contribution is 7.38. The highest BCUT2D eigenvalue weighted by atomic mass is 31.2. The van der Waals surface area contributed by atoms with Crippen molar-refractivity contribution in [1.82, 2.24) is 4.90 Å². The highest BCUT2D eigenvalue weighted by Gasteiger charge is 2.36. The van der Waals surface area contributed by atoms with Gasteiger partial charge in [-0.25, -0.2) is 0 Å². The topological polar surface area (TPSA) is 246 Å². The Hall–Kier alpha value is -0.790. The van der Waals surface area contributed by atoms with Crippen molar-refractivity contribution in [2.24, 2.45) is 0 Å². The fourth-order valence-corrected chi connectivity index (χ4v) is 5.91. The molecule has 0 aliphatic heterocycles. The van der Waals surface area contributed by atoms with E-state index in [0.29, 0.717) is 6.54 Å². The Morgan fingerprint density at radius 3 is 0.944 bits per heavy atom. The van der Waals surface area contributed by atoms with E-state index < -0.39 is 25.8 Å². The van der Waals surface area contributed by atoms with E-state index in [2.05, 4.69) is 124 Å². The van der Waals surface area contributed by atoms with E-state index in [1.807, 2.05) is 0 Å². The summed E-state index contributed by atoms with van der Waals surface area (Å²) in [5, 5.41) is 32.4. The standard InChI is InChI=1S/C38H63NO3.3H3O3P/c1-13-35(5,6)27-17-19-29(31(23-27)37(9,10)15-3)33(25-41)39(21-22-40)34(26-42)30-20-18-28(36(7,8)14-2)24-32(30)38(11,12)16-4;3*1-4(2)3/h17-20,23-24,33-34,40-42H,13-16,21-22,25-26H2,1-12H3;3*1-3H. The molecule has 0 radical (unpaired) electrons. The molecule has 0 heterocycles. The van der Waals surface area contributed by atoms with Gasteiger partial charge >= 0.3 is 25.8 Å². The van der Waals surface area contributed by atoms with Crippen LogP contribution in [-0.4, -0.2) is 90.6 Å². The van der Waals surface area contributed by atoms with Crippen LogP contribution in [0.3, 0.4) is 0 Å². The van der Waals surface area contributed by atoms with E-state index >= 15 is 0 Å². The first-order valence-corrected chi connectivity index (χ1v) is 21.8. The van der Waals surface area contributed by atoms with Gasteiger partial charge in [-0.2, -0.15) is 0 Å². The number of aliphatic hydroxyl groups excluding tert-OH is 3. The molecule has 2 atom stereocenters. The molecule has 0 saturated heterocycles. The Morgan fingerprint density at radius 1 is 0.481 bits per heavy atom. The Labute approximate surface area is 328 Å². The van der Waals surface area contributed by atoms with Crippen LogP contribution in [0.2, 0.25) is 0 Å². The second-order valence-electron chi connectivity index (χ2n) is 15.7. The molecule has 16 heteroatoms. The van der Waals surface area contributed by atoms with Crippen LogP contribution in [-0.2, 0) is 21.7 Å². The quantitative estimate of drug-likeness (QED) is 0.0861. The number of hydrogen-bond acceptors (Lipinski definition) is 13. The molecule has 0 bridgehead atoms. The number of benzene rings is 2. The molecule has 0 aliphatic rings. The second kappa shape index (κ2) is 25.5. The first-order chi connectivity index (χ1) is 24.7. The molecular weight excluding hydrogens is 755 g/mol. The maximum Gasteiger partial charge on any atom is 0.324 e. The molecule has 316 valence electrons. The van der Waals surface area contributed by atoms with Crippen molar-refractivity contribution >= 4 is 25.8 Å². The SMILES string of the molecule is CCC(C)(C)c1ccc(C(CO)N(CCO)C(CO)c2ccc(C(C)(C)CC)cc2C(C)(C)CC)c(C(C)(C)CC)c1.OP(O)O.OP(O)O.OP(O)O. The van der Waals surface area contributed by atoms with Gasteiger partial charge in [-0.15, -0.1) is 0 Å². The number of rotatable bonds is 16. The number of nitrogens with zero attached hydrogens (tertiary/aromatic N) is 1. The Morgan fingerprint density at radius 2 is 0.741 bits per heavy atom. The summed E-state index contributed by atoms with van der Waals surface area (Å²) in [4.78, 5) is 67.2. The van der Waals surface area contributed by atoms with Gasteiger partial charge in [0.1, 0.15) is 0 Å². The van der Waals surface area contributed by atoms with Crippen molar-refractivity contribution in [2.75, 3.05) is 26.4 Å². The van der Waals surface area contributed by atoms with Crippen molar-refractivity contribution < 1.29 is 59.4 Å². The van der Waals surface area contributed by atoms with Crippen LogP contribution in [0, 0.1) is 0 Å². The summed E-state index contributed by atoms with van der Waals surface area (Å²) in [5.74, 6) is 0. The van der Waals surface area contributed by atoms with Gasteiger partial charge < -0.3 is 59.4 Å². The van der Waals surface area contributed by atoms with E-state index in [0.717, 1.165) is 36.8 Å². The minimum atomic E-state index is -2.62. The van der Waals surface area contributed by atoms with E-state index in [1.54, 1.807) is 0 Å². The van der Waals surface area contributed by atoms with Crippen molar-refractivity contribution in [1.29, 1.82) is 0 Å². The zero-order valence-corrected chi connectivity index (χ0v) is 37.1. The largest absolute Gasteiger partial charge is 0.395 e. The third kappa shape index (κ3) is 18.2. The molecule has 12 N–H and O–H groups in total. The molecule has 0 aliphatic carbocycles. The van der Waals surface area contributed by atoms with Crippen LogP contribution in [0.1, 0.15) is 154 Å². The van der Waals surface area contributed by atoms with Gasteiger partial charge in [0.25, 0.3) is 0 Å². The van der Waals surface area contributed by atoms with Gasteiger partial charge in [0.2, 0.25) is 0 Å². The molecule has 0 amide bonds. The van der Waals surface area contributed by atoms with Crippen LogP contribution < -0.4 is 0 Å². The molecule has 0 aromatic heterocycles. The maximum absolute atomic E-state index is 11.1. The highest BCUT2D eigenvalue weighted by Crippen LogP contribution is 2.43. The minimum Gasteiger partial charge on any atom is -0.395 e. The minimum absolute atomic E-state index is 0.0406. The van der Waals surface area contributed by atoms with Crippen molar-refractivity contribution in [3.8, 4) is 0 Å². The van der Waals surface area contributed by atoms with Gasteiger partial charge in [0.15, 0.2) is 0 Å². The maximum atomic E-state index is 11.1. The summed E-state index contributed by atoms with van der Waals surface area (Å²) < 4.78 is 0. The van der Waals surface area contributed by atoms with Crippen LogP contribution >= 0.6 is 25.8 Å². The zero-order valence-electron chi connectivity index (χ0n) is 34.4. The second-order valence-corrected chi connectivity index (χ2v) is 17.3. The van der Waals surface area contributed by atoms with Gasteiger partial charge in [0, 0.05) is 6.54 Å². The monoisotopic (exact) mass is 827 g/mol. The van der Waals surface area contributed by atoms with Gasteiger partial charge in [-0.05, 0) is 80.7 Å². The fourth-order valence-electron chi connectivity index (χ4n) is 5.91. The summed E-state index contributed by atoms with van der Waals surface area (Å²) in [6.07, 6.45) is 3.99. The molecule has 0 saturated carbocycles. The van der Waals surface area contributed by atoms with Crippen molar-refractivity contribution in [2.45, 2.75) is 143 Å². The van der Waals surface area contributed by atoms with Crippen molar-refractivity contribution in [3.05, 3.63) is 69.8 Å². The van der Waals surface area contributed by atoms with Crippen LogP contribution in [0.15, 0.2) is 36.4 Å². The third-order valence-corrected chi connectivity index (χ3v) is 10.9. The van der Waals surface area contributed by atoms with Crippen LogP contribution in [0.4, 0.5) is 0 Å². The van der Waals surface area contributed by atoms with E-state index in [4.69, 9.17) is 44.0 Å². The fraction of sp³-hybridized carbons (Fsp3) is 0.684. The summed E-state index contributed by atoms with van der Waals surface area (Å²) in [5.41, 5.74) is 7.09. The molecule has 13 nitrogen and oxygen atoms in total. The lowest BCUT2D eigenvalue weighted by Crippen LogP contribution is -2.41. The Bertz CT molecular complexity index is 1220. The average molecular weight is 828 g/mol. The summed E-state index contributed by atoms with van der Waals surface area (Å²) in [7, 11) is -7.86. The van der Waals surface area contributed by atoms with E-state index in [9.17, 15) is 15.3 Å². The Kier molecular flexibility index (Phi) is 26.2. The molecule has 0 spiro atoms. The zero-order chi connectivity index (χ0) is 42.8. The predicted molar refractivity (Wildman–Crippen MR) is 220 cm³/mol. The van der Waals surface area contributed by atoms with Crippen LogP contribution in [0.25, 0.3) is 0 Å². The van der Waals surface area contributed by atoms with Gasteiger partial charge in [-0.1, -0.05) is 119 Å². The molecule has 54 heavy (non-hydrogen) atoms. The van der Waals surface area contributed by atoms with Crippen molar-refractivity contribution in [3.63, 3.8) is 0 Å². The molecule has 0 fully saturated rings. The van der Waals surface area contributed by atoms with Gasteiger partial charge in [-0.3, -0.25) is 4.90 Å². The average Bonchev–Trinajstić information content (AvgIpc) is 3.08. The first-order valence-electron chi connectivity index (χ1n) is 18.2. The first kappa shape index (κ1) is 55.3. The van der Waals surface area contributed by atoms with Gasteiger partial charge in [0.05, 0.1) is 31.9 Å². The summed E-state index contributed by atoms with van der Waals surface area (Å²) in [6.45, 7) is 27.2. The Balaban J connectivity index is 0. The van der Waals surface area contributed by atoms with Crippen LogP contribution in [0.5, 0.6) is 0 Å². The van der Waals surface area contributed by atoms with E-state index in [1.165, 1.54) is 22.3 Å². The smallest absolute Gasteiger partial charge is 0.324 e. The number of aliphatic hydroxyl groups is 3. The lowest BCUT2D eigenvalue weighted by molar-refractivity contribution is 0.0355. The molecule has 2 rings (SSSR count).